The third kappa shape index (κ3) is 3.48. The van der Waals surface area contributed by atoms with Crippen LogP contribution in [-0.4, -0.2) is 38.1 Å². The zero-order chi connectivity index (χ0) is 13.7. The van der Waals surface area contributed by atoms with Gasteiger partial charge in [0.05, 0.1) is 6.26 Å². The minimum atomic E-state index is -0.0736. The molecule has 1 aromatic heterocycles. The van der Waals surface area contributed by atoms with Crippen molar-refractivity contribution in [3.05, 3.63) is 36.1 Å². The summed E-state index contributed by atoms with van der Waals surface area (Å²) in [5.74, 6) is 0. The van der Waals surface area contributed by atoms with Gasteiger partial charge in [0.15, 0.2) is 0 Å². The van der Waals surface area contributed by atoms with Crippen LogP contribution in [0.5, 0.6) is 0 Å². The van der Waals surface area contributed by atoms with Gasteiger partial charge in [-0.05, 0) is 6.07 Å². The normalized spacial score (nSPS) is 10.6. The van der Waals surface area contributed by atoms with E-state index in [9.17, 15) is 4.79 Å². The van der Waals surface area contributed by atoms with Gasteiger partial charge >= 0.3 is 6.03 Å². The van der Waals surface area contributed by atoms with E-state index in [1.165, 1.54) is 4.90 Å². The average Bonchev–Trinajstić information content (AvgIpc) is 2.81. The van der Waals surface area contributed by atoms with Gasteiger partial charge in [-0.1, -0.05) is 18.2 Å². The van der Waals surface area contributed by atoms with Crippen LogP contribution < -0.4 is 10.6 Å². The van der Waals surface area contributed by atoms with E-state index >= 15 is 0 Å². The van der Waals surface area contributed by atoms with Gasteiger partial charge in [-0.15, -0.1) is 0 Å². The molecule has 5 nitrogen and oxygen atoms in total. The molecule has 0 saturated carbocycles. The van der Waals surface area contributed by atoms with E-state index in [2.05, 4.69) is 10.6 Å². The van der Waals surface area contributed by atoms with Crippen LogP contribution in [0, 0.1) is 0 Å². The monoisotopic (exact) mass is 261 g/mol. The molecular formula is C14H19N3O2. The van der Waals surface area contributed by atoms with Crippen LogP contribution in [-0.2, 0) is 6.54 Å². The number of fused-ring (bicyclic) bond motifs is 1. The molecule has 0 saturated heterocycles. The van der Waals surface area contributed by atoms with Gasteiger partial charge in [0.2, 0.25) is 0 Å². The quantitative estimate of drug-likeness (QED) is 0.807. The first kappa shape index (κ1) is 13.4. The van der Waals surface area contributed by atoms with Gasteiger partial charge < -0.3 is 20.0 Å². The van der Waals surface area contributed by atoms with E-state index in [-0.39, 0.29) is 6.03 Å². The predicted molar refractivity (Wildman–Crippen MR) is 75.0 cm³/mol. The molecule has 5 heteroatoms. The van der Waals surface area contributed by atoms with Gasteiger partial charge in [-0.3, -0.25) is 0 Å². The number of nitrogens with one attached hydrogen (secondary N) is 2. The van der Waals surface area contributed by atoms with Crippen molar-refractivity contribution in [3.8, 4) is 0 Å². The second-order valence-corrected chi connectivity index (χ2v) is 4.56. The molecule has 0 radical (unpaired) electrons. The van der Waals surface area contributed by atoms with Crippen molar-refractivity contribution in [2.24, 2.45) is 0 Å². The topological polar surface area (TPSA) is 57.5 Å². The first-order chi connectivity index (χ1) is 9.18. The highest BCUT2D eigenvalue weighted by Crippen LogP contribution is 2.20. The molecule has 102 valence electrons. The molecule has 1 heterocycles. The molecule has 0 aliphatic carbocycles. The number of benzene rings is 1. The number of amides is 2. The zero-order valence-corrected chi connectivity index (χ0v) is 11.3. The fourth-order valence-corrected chi connectivity index (χ4v) is 1.81. The predicted octanol–water partition coefficient (Wildman–Crippen LogP) is 1.79. The highest BCUT2D eigenvalue weighted by Gasteiger charge is 2.04. The number of carbonyl (C=O) groups excluding carboxylic acids is 1. The fraction of sp³-hybridized carbons (Fsp3) is 0.357. The van der Waals surface area contributed by atoms with Crippen molar-refractivity contribution in [1.29, 1.82) is 0 Å². The van der Waals surface area contributed by atoms with E-state index in [4.69, 9.17) is 4.42 Å². The molecule has 0 atom stereocenters. The largest absolute Gasteiger partial charge is 0.464 e. The van der Waals surface area contributed by atoms with Crippen LogP contribution in [0.15, 0.2) is 34.9 Å². The third-order valence-electron chi connectivity index (χ3n) is 2.86. The Labute approximate surface area is 112 Å². The molecule has 2 rings (SSSR count). The van der Waals surface area contributed by atoms with Gasteiger partial charge in [-0.2, -0.15) is 0 Å². The Bertz CT molecular complexity index is 548. The van der Waals surface area contributed by atoms with Gasteiger partial charge in [-0.25, -0.2) is 4.79 Å². The zero-order valence-electron chi connectivity index (χ0n) is 11.3. The lowest BCUT2D eigenvalue weighted by Gasteiger charge is -2.11. The Hall–Kier alpha value is -2.01. The number of urea groups is 1. The molecule has 0 aliphatic rings. The minimum absolute atomic E-state index is 0.0736. The molecule has 2 N–H and O–H groups in total. The maximum Gasteiger partial charge on any atom is 0.316 e. The van der Waals surface area contributed by atoms with Crippen LogP contribution >= 0.6 is 0 Å². The minimum Gasteiger partial charge on any atom is -0.464 e. The number of rotatable bonds is 5. The Balaban J connectivity index is 1.76. The highest BCUT2D eigenvalue weighted by molar-refractivity contribution is 5.80. The summed E-state index contributed by atoms with van der Waals surface area (Å²) in [6, 6.07) is 7.88. The lowest BCUT2D eigenvalue weighted by atomic mass is 10.2. The molecule has 0 fully saturated rings. The molecule has 2 amide bonds. The molecule has 0 bridgehead atoms. The molecule has 1 aromatic carbocycles. The van der Waals surface area contributed by atoms with Crippen molar-refractivity contribution in [1.82, 2.24) is 15.5 Å². The van der Waals surface area contributed by atoms with Crippen LogP contribution in [0.4, 0.5) is 4.79 Å². The Morgan fingerprint density at radius 3 is 2.84 bits per heavy atom. The number of furan rings is 1. The maximum absolute atomic E-state index is 11.3. The van der Waals surface area contributed by atoms with E-state index in [1.807, 2.05) is 24.3 Å². The molecule has 19 heavy (non-hydrogen) atoms. The molecule has 2 aromatic rings. The summed E-state index contributed by atoms with van der Waals surface area (Å²) in [5.41, 5.74) is 2.04. The summed E-state index contributed by atoms with van der Waals surface area (Å²) in [4.78, 5) is 12.8. The molecule has 0 unspecified atom stereocenters. The van der Waals surface area contributed by atoms with Gasteiger partial charge in [0.1, 0.15) is 5.58 Å². The highest BCUT2D eigenvalue weighted by atomic mass is 16.3. The van der Waals surface area contributed by atoms with Crippen molar-refractivity contribution >= 4 is 17.0 Å². The second kappa shape index (κ2) is 6.24. The first-order valence-electron chi connectivity index (χ1n) is 6.29. The third-order valence-corrected chi connectivity index (χ3v) is 2.86. The number of carbonyl (C=O) groups is 1. The summed E-state index contributed by atoms with van der Waals surface area (Å²) >= 11 is 0. The van der Waals surface area contributed by atoms with Crippen LogP contribution in [0.2, 0.25) is 0 Å². The standard InChI is InChI=1S/C14H19N3O2/c1-17(2)14(18)16-8-7-15-9-11-10-19-13-6-4-3-5-12(11)13/h3-6,10,15H,7-9H2,1-2H3,(H,16,18). The van der Waals surface area contributed by atoms with E-state index in [1.54, 1.807) is 20.4 Å². The summed E-state index contributed by atoms with van der Waals surface area (Å²) < 4.78 is 5.46. The summed E-state index contributed by atoms with van der Waals surface area (Å²) in [7, 11) is 3.45. The number of hydrogen-bond donors (Lipinski definition) is 2. The smallest absolute Gasteiger partial charge is 0.316 e. The lowest BCUT2D eigenvalue weighted by molar-refractivity contribution is 0.217. The fourth-order valence-electron chi connectivity index (χ4n) is 1.81. The molecular weight excluding hydrogens is 242 g/mol. The van der Waals surface area contributed by atoms with Crippen molar-refractivity contribution in [2.75, 3.05) is 27.2 Å². The van der Waals surface area contributed by atoms with Crippen LogP contribution in [0.25, 0.3) is 11.0 Å². The van der Waals surface area contributed by atoms with E-state index in [0.717, 1.165) is 29.6 Å². The number of nitrogens with zero attached hydrogens (tertiary/aromatic N) is 1. The van der Waals surface area contributed by atoms with Crippen molar-refractivity contribution in [3.63, 3.8) is 0 Å². The SMILES string of the molecule is CN(C)C(=O)NCCNCc1coc2ccccc12. The number of para-hydroxylation sites is 1. The average molecular weight is 261 g/mol. The summed E-state index contributed by atoms with van der Waals surface area (Å²) in [5, 5.41) is 7.21. The van der Waals surface area contributed by atoms with E-state index < -0.39 is 0 Å². The Kier molecular flexibility index (Phi) is 4.41. The van der Waals surface area contributed by atoms with Crippen LogP contribution in [0.3, 0.4) is 0 Å². The van der Waals surface area contributed by atoms with Gasteiger partial charge in [0.25, 0.3) is 0 Å². The van der Waals surface area contributed by atoms with Gasteiger partial charge in [0, 0.05) is 44.7 Å². The number of hydrogen-bond acceptors (Lipinski definition) is 3. The van der Waals surface area contributed by atoms with Crippen molar-refractivity contribution in [2.45, 2.75) is 6.54 Å². The summed E-state index contributed by atoms with van der Waals surface area (Å²) in [6.45, 7) is 2.06. The molecule has 0 aliphatic heterocycles. The lowest BCUT2D eigenvalue weighted by Crippen LogP contribution is -2.38. The second-order valence-electron chi connectivity index (χ2n) is 4.56. The maximum atomic E-state index is 11.3. The Morgan fingerprint density at radius 2 is 2.05 bits per heavy atom. The van der Waals surface area contributed by atoms with Crippen molar-refractivity contribution < 1.29 is 9.21 Å². The first-order valence-corrected chi connectivity index (χ1v) is 6.29. The summed E-state index contributed by atoms with van der Waals surface area (Å²) in [6.07, 6.45) is 1.77. The molecule has 0 spiro atoms. The Morgan fingerprint density at radius 1 is 1.26 bits per heavy atom. The van der Waals surface area contributed by atoms with E-state index in [0.29, 0.717) is 6.54 Å². The van der Waals surface area contributed by atoms with Crippen LogP contribution in [0.1, 0.15) is 5.56 Å².